The maximum absolute atomic E-state index is 12.6. The minimum Gasteiger partial charge on any atom is -0.229 e. The van der Waals surface area contributed by atoms with E-state index in [-0.39, 0.29) is 0 Å². The molecular formula is C7H2BrF2NS. The second-order valence-electron chi connectivity index (χ2n) is 2.20. The molecule has 0 spiro atoms. The monoisotopic (exact) mass is 249 g/mol. The largest absolute Gasteiger partial charge is 0.229 e. The van der Waals surface area contributed by atoms with Crippen LogP contribution in [-0.4, -0.2) is 4.98 Å². The van der Waals surface area contributed by atoms with Crippen molar-refractivity contribution in [2.45, 2.75) is 0 Å². The van der Waals surface area contributed by atoms with Crippen LogP contribution >= 0.6 is 27.3 Å². The Kier molecular flexibility index (Phi) is 1.84. The second-order valence-corrected chi connectivity index (χ2v) is 4.51. The van der Waals surface area contributed by atoms with Crippen LogP contribution in [0.15, 0.2) is 16.0 Å². The third kappa shape index (κ3) is 1.23. The molecule has 0 aliphatic heterocycles. The van der Waals surface area contributed by atoms with Crippen molar-refractivity contribution in [3.05, 3.63) is 27.7 Å². The molecule has 5 heteroatoms. The maximum atomic E-state index is 12.6. The van der Waals surface area contributed by atoms with E-state index in [1.807, 2.05) is 0 Å². The van der Waals surface area contributed by atoms with Gasteiger partial charge in [0.2, 0.25) is 0 Å². The van der Waals surface area contributed by atoms with Crippen LogP contribution in [0.2, 0.25) is 0 Å². The first-order chi connectivity index (χ1) is 5.66. The number of hydrogen-bond acceptors (Lipinski definition) is 2. The molecular weight excluding hydrogens is 248 g/mol. The Morgan fingerprint density at radius 1 is 1.25 bits per heavy atom. The smallest absolute Gasteiger partial charge is 0.161 e. The molecule has 12 heavy (non-hydrogen) atoms. The highest BCUT2D eigenvalue weighted by atomic mass is 79.9. The summed E-state index contributed by atoms with van der Waals surface area (Å²) in [5.74, 6) is -1.70. The van der Waals surface area contributed by atoms with Crippen LogP contribution in [-0.2, 0) is 0 Å². The van der Waals surface area contributed by atoms with Crippen LogP contribution in [0.4, 0.5) is 8.78 Å². The molecule has 0 fully saturated rings. The number of aromatic nitrogens is 1. The van der Waals surface area contributed by atoms with Gasteiger partial charge in [-0.2, -0.15) is 0 Å². The van der Waals surface area contributed by atoms with Gasteiger partial charge in [-0.15, -0.1) is 11.3 Å². The highest BCUT2D eigenvalue weighted by Gasteiger charge is 2.07. The molecule has 2 rings (SSSR count). The molecule has 0 radical (unpaired) electrons. The van der Waals surface area contributed by atoms with Crippen LogP contribution in [0, 0.1) is 11.6 Å². The average Bonchev–Trinajstić information content (AvgIpc) is 2.30. The maximum Gasteiger partial charge on any atom is 0.161 e. The number of nitrogens with zero attached hydrogens (tertiary/aromatic N) is 1. The third-order valence-corrected chi connectivity index (χ3v) is 2.87. The average molecular weight is 250 g/mol. The molecule has 0 unspecified atom stereocenters. The molecule has 1 aromatic carbocycles. The Hall–Kier alpha value is -0.550. The second kappa shape index (κ2) is 2.74. The molecule has 0 bridgehead atoms. The predicted molar refractivity (Wildman–Crippen MR) is 47.2 cm³/mol. The highest BCUT2D eigenvalue weighted by Crippen LogP contribution is 2.27. The van der Waals surface area contributed by atoms with Gasteiger partial charge in [-0.25, -0.2) is 13.8 Å². The zero-order chi connectivity index (χ0) is 8.72. The van der Waals surface area contributed by atoms with Crippen LogP contribution in [0.1, 0.15) is 0 Å². The summed E-state index contributed by atoms with van der Waals surface area (Å²) in [6, 6.07) is 2.24. The molecule has 0 atom stereocenters. The zero-order valence-corrected chi connectivity index (χ0v) is 8.05. The summed E-state index contributed by atoms with van der Waals surface area (Å²) in [5, 5.41) is 0. The van der Waals surface area contributed by atoms with Crippen molar-refractivity contribution >= 4 is 37.5 Å². The summed E-state index contributed by atoms with van der Waals surface area (Å²) >= 11 is 4.41. The van der Waals surface area contributed by atoms with Gasteiger partial charge in [-0.05, 0) is 22.0 Å². The minimum atomic E-state index is -0.861. The molecule has 0 N–H and O–H groups in total. The quantitative estimate of drug-likeness (QED) is 0.698. The summed E-state index contributed by atoms with van der Waals surface area (Å²) < 4.78 is 26.5. The van der Waals surface area contributed by atoms with Crippen molar-refractivity contribution in [1.82, 2.24) is 4.98 Å². The molecule has 1 aromatic heterocycles. The van der Waals surface area contributed by atoms with Gasteiger partial charge < -0.3 is 0 Å². The first-order valence-corrected chi connectivity index (χ1v) is 4.69. The molecule has 0 saturated heterocycles. The fourth-order valence-corrected chi connectivity index (χ4v) is 2.31. The Balaban J connectivity index is 2.83. The Morgan fingerprint density at radius 2 is 1.92 bits per heavy atom. The van der Waals surface area contributed by atoms with Crippen molar-refractivity contribution < 1.29 is 8.78 Å². The van der Waals surface area contributed by atoms with E-state index in [0.717, 1.165) is 12.1 Å². The molecule has 0 amide bonds. The minimum absolute atomic E-state index is 0.478. The van der Waals surface area contributed by atoms with Gasteiger partial charge in [0.05, 0.1) is 10.2 Å². The fourth-order valence-electron chi connectivity index (χ4n) is 0.895. The molecule has 62 valence electrons. The Morgan fingerprint density at radius 3 is 2.67 bits per heavy atom. The van der Waals surface area contributed by atoms with E-state index in [2.05, 4.69) is 20.9 Å². The van der Waals surface area contributed by atoms with Gasteiger partial charge in [0, 0.05) is 6.07 Å². The van der Waals surface area contributed by atoms with Crippen LogP contribution in [0.25, 0.3) is 10.2 Å². The molecule has 0 aliphatic rings. The lowest BCUT2D eigenvalue weighted by atomic mass is 10.3. The summed E-state index contributed by atoms with van der Waals surface area (Å²) in [6.07, 6.45) is 0. The van der Waals surface area contributed by atoms with Crippen molar-refractivity contribution in [2.24, 2.45) is 0 Å². The number of benzene rings is 1. The van der Waals surface area contributed by atoms with E-state index in [0.29, 0.717) is 14.1 Å². The summed E-state index contributed by atoms with van der Waals surface area (Å²) in [6.45, 7) is 0. The van der Waals surface area contributed by atoms with Crippen molar-refractivity contribution in [2.75, 3.05) is 0 Å². The third-order valence-electron chi connectivity index (χ3n) is 1.40. The standard InChI is InChI=1S/C7H2BrF2NS/c8-7-11-5-1-3(9)4(10)2-6(5)12-7/h1-2H. The fraction of sp³-hybridized carbons (Fsp3) is 0. The van der Waals surface area contributed by atoms with E-state index in [1.165, 1.54) is 11.3 Å². The number of halogens is 3. The van der Waals surface area contributed by atoms with E-state index in [9.17, 15) is 8.78 Å². The van der Waals surface area contributed by atoms with Gasteiger partial charge in [-0.3, -0.25) is 0 Å². The van der Waals surface area contributed by atoms with Gasteiger partial charge in [0.1, 0.15) is 0 Å². The lowest BCUT2D eigenvalue weighted by Crippen LogP contribution is -1.81. The van der Waals surface area contributed by atoms with E-state index >= 15 is 0 Å². The van der Waals surface area contributed by atoms with Gasteiger partial charge in [-0.1, -0.05) is 0 Å². The topological polar surface area (TPSA) is 12.9 Å². The van der Waals surface area contributed by atoms with Crippen molar-refractivity contribution in [3.63, 3.8) is 0 Å². The Bertz CT molecular complexity index is 401. The van der Waals surface area contributed by atoms with Crippen LogP contribution in [0.3, 0.4) is 0 Å². The SMILES string of the molecule is Fc1cc2nc(Br)sc2cc1F. The highest BCUT2D eigenvalue weighted by molar-refractivity contribution is 9.11. The van der Waals surface area contributed by atoms with E-state index in [4.69, 9.17) is 0 Å². The normalized spacial score (nSPS) is 10.9. The molecule has 0 saturated carbocycles. The lowest BCUT2D eigenvalue weighted by Gasteiger charge is -1.90. The van der Waals surface area contributed by atoms with Crippen LogP contribution in [0.5, 0.6) is 0 Å². The summed E-state index contributed by atoms with van der Waals surface area (Å²) in [7, 11) is 0. The number of thiazole rings is 1. The first-order valence-electron chi connectivity index (χ1n) is 3.08. The van der Waals surface area contributed by atoms with Crippen molar-refractivity contribution in [3.8, 4) is 0 Å². The van der Waals surface area contributed by atoms with E-state index in [1.54, 1.807) is 0 Å². The molecule has 2 aromatic rings. The van der Waals surface area contributed by atoms with Gasteiger partial charge in [0.25, 0.3) is 0 Å². The number of hydrogen-bond donors (Lipinski definition) is 0. The van der Waals surface area contributed by atoms with Crippen LogP contribution < -0.4 is 0 Å². The lowest BCUT2D eigenvalue weighted by molar-refractivity contribution is 0.511. The zero-order valence-electron chi connectivity index (χ0n) is 5.64. The van der Waals surface area contributed by atoms with Gasteiger partial charge >= 0.3 is 0 Å². The van der Waals surface area contributed by atoms with Crippen molar-refractivity contribution in [1.29, 1.82) is 0 Å². The summed E-state index contributed by atoms with van der Waals surface area (Å²) in [4.78, 5) is 3.94. The molecule has 1 nitrogen and oxygen atoms in total. The number of rotatable bonds is 0. The van der Waals surface area contributed by atoms with E-state index < -0.39 is 11.6 Å². The number of fused-ring (bicyclic) bond motifs is 1. The Labute approximate surface area is 79.2 Å². The summed E-state index contributed by atoms with van der Waals surface area (Å²) in [5.41, 5.74) is 0.478. The molecule has 1 heterocycles. The first kappa shape index (κ1) is 8.07. The predicted octanol–water partition coefficient (Wildman–Crippen LogP) is 3.34. The van der Waals surface area contributed by atoms with Gasteiger partial charge in [0.15, 0.2) is 15.6 Å². The molecule has 0 aliphatic carbocycles.